The quantitative estimate of drug-likeness (QED) is 0.474. The maximum absolute atomic E-state index is 6.08. The summed E-state index contributed by atoms with van der Waals surface area (Å²) in [7, 11) is 0. The summed E-state index contributed by atoms with van der Waals surface area (Å²) >= 11 is 24.3. The summed E-state index contributed by atoms with van der Waals surface area (Å²) in [6.45, 7) is 2.57. The highest BCUT2D eigenvalue weighted by Gasteiger charge is 2.12. The van der Waals surface area contributed by atoms with E-state index in [1.807, 2.05) is 0 Å². The normalized spacial score (nSPS) is 16.4. The van der Waals surface area contributed by atoms with Gasteiger partial charge in [-0.3, -0.25) is 0 Å². The van der Waals surface area contributed by atoms with Gasteiger partial charge in [-0.15, -0.1) is 0 Å². The van der Waals surface area contributed by atoms with Crippen molar-refractivity contribution in [2.45, 2.75) is 0 Å². The second-order valence-electron chi connectivity index (χ2n) is 6.04. The fourth-order valence-electron chi connectivity index (χ4n) is 2.52. The number of ether oxygens (including phenoxy) is 6. The minimum absolute atomic E-state index is 0.298. The molecule has 1 heterocycles. The first kappa shape index (κ1) is 23.4. The van der Waals surface area contributed by atoms with Crippen LogP contribution in [0.15, 0.2) is 24.3 Å². The predicted octanol–water partition coefficient (Wildman–Crippen LogP) is 5.56. The molecule has 0 bridgehead atoms. The van der Waals surface area contributed by atoms with Crippen LogP contribution in [0, 0.1) is 0 Å². The molecule has 0 saturated heterocycles. The van der Waals surface area contributed by atoms with Crippen molar-refractivity contribution >= 4 is 46.4 Å². The molecule has 2 aromatic rings. The van der Waals surface area contributed by atoms with Gasteiger partial charge in [-0.25, -0.2) is 0 Å². The van der Waals surface area contributed by atoms with Crippen LogP contribution in [0.5, 0.6) is 23.0 Å². The van der Waals surface area contributed by atoms with E-state index in [1.54, 1.807) is 24.3 Å². The molecule has 10 heteroatoms. The second kappa shape index (κ2) is 11.9. The highest BCUT2D eigenvalue weighted by atomic mass is 35.5. The molecule has 3 rings (SSSR count). The van der Waals surface area contributed by atoms with E-state index in [1.165, 1.54) is 0 Å². The Labute approximate surface area is 194 Å². The van der Waals surface area contributed by atoms with E-state index in [9.17, 15) is 0 Å². The minimum Gasteiger partial charge on any atom is -0.487 e. The molecule has 164 valence electrons. The lowest BCUT2D eigenvalue weighted by atomic mass is 10.3. The van der Waals surface area contributed by atoms with E-state index < -0.39 is 0 Å². The van der Waals surface area contributed by atoms with Gasteiger partial charge in [0.1, 0.15) is 26.4 Å². The molecule has 30 heavy (non-hydrogen) atoms. The van der Waals surface area contributed by atoms with E-state index in [0.717, 1.165) is 0 Å². The molecule has 0 unspecified atom stereocenters. The van der Waals surface area contributed by atoms with Gasteiger partial charge in [-0.2, -0.15) is 0 Å². The molecule has 0 saturated carbocycles. The summed E-state index contributed by atoms with van der Waals surface area (Å²) in [5.41, 5.74) is 0. The van der Waals surface area contributed by atoms with Gasteiger partial charge >= 0.3 is 0 Å². The Bertz CT molecular complexity index is 713. The first-order valence-corrected chi connectivity index (χ1v) is 10.7. The van der Waals surface area contributed by atoms with Crippen LogP contribution < -0.4 is 18.9 Å². The molecule has 0 aromatic heterocycles. The van der Waals surface area contributed by atoms with Crippen molar-refractivity contribution in [3.8, 4) is 23.0 Å². The molecule has 0 amide bonds. The van der Waals surface area contributed by atoms with Gasteiger partial charge in [-0.05, 0) is 0 Å². The van der Waals surface area contributed by atoms with Crippen LogP contribution >= 0.6 is 46.4 Å². The number of hydrogen-bond donors (Lipinski definition) is 0. The van der Waals surface area contributed by atoms with Crippen molar-refractivity contribution in [1.29, 1.82) is 0 Å². The molecule has 0 N–H and O–H groups in total. The molecule has 0 atom stereocenters. The van der Waals surface area contributed by atoms with Crippen LogP contribution in [-0.2, 0) is 9.47 Å². The number of rotatable bonds is 0. The zero-order valence-electron chi connectivity index (χ0n) is 15.9. The van der Waals surface area contributed by atoms with Crippen LogP contribution in [0.2, 0.25) is 20.1 Å². The van der Waals surface area contributed by atoms with Gasteiger partial charge in [0.2, 0.25) is 0 Å². The van der Waals surface area contributed by atoms with Crippen molar-refractivity contribution in [2.75, 3.05) is 52.9 Å². The number of hydrogen-bond acceptors (Lipinski definition) is 6. The lowest BCUT2D eigenvalue weighted by molar-refractivity contribution is 0.0640. The fourth-order valence-corrected chi connectivity index (χ4v) is 3.13. The summed E-state index contributed by atoms with van der Waals surface area (Å²) in [5, 5.41) is 1.50. The van der Waals surface area contributed by atoms with E-state index in [4.69, 9.17) is 74.8 Å². The molecule has 0 spiro atoms. The Morgan fingerprint density at radius 3 is 0.867 bits per heavy atom. The van der Waals surface area contributed by atoms with E-state index in [0.29, 0.717) is 95.9 Å². The number of fused-ring (bicyclic) bond motifs is 2. The largest absolute Gasteiger partial charge is 0.487 e. The van der Waals surface area contributed by atoms with Gasteiger partial charge in [0.25, 0.3) is 0 Å². The summed E-state index contributed by atoms with van der Waals surface area (Å²) in [4.78, 5) is 0. The third-order valence-electron chi connectivity index (χ3n) is 3.91. The molecule has 0 aliphatic carbocycles. The Morgan fingerprint density at radius 1 is 0.400 bits per heavy atom. The van der Waals surface area contributed by atoms with Gasteiger partial charge in [0.05, 0.1) is 46.5 Å². The van der Waals surface area contributed by atoms with Crippen LogP contribution in [0.3, 0.4) is 0 Å². The number of halogens is 4. The Balaban J connectivity index is 1.64. The van der Waals surface area contributed by atoms with E-state index in [-0.39, 0.29) is 0 Å². The highest BCUT2D eigenvalue weighted by Crippen LogP contribution is 2.37. The Morgan fingerprint density at radius 2 is 0.633 bits per heavy atom. The van der Waals surface area contributed by atoms with Gasteiger partial charge in [0, 0.05) is 24.3 Å². The second-order valence-corrected chi connectivity index (χ2v) is 7.67. The summed E-state index contributed by atoms with van der Waals surface area (Å²) in [6.07, 6.45) is 0. The highest BCUT2D eigenvalue weighted by molar-refractivity contribution is 6.42. The smallest absolute Gasteiger partial charge is 0.162 e. The average Bonchev–Trinajstić information content (AvgIpc) is 2.72. The lowest BCUT2D eigenvalue weighted by Gasteiger charge is -2.16. The predicted molar refractivity (Wildman–Crippen MR) is 117 cm³/mol. The topological polar surface area (TPSA) is 55.4 Å². The van der Waals surface area contributed by atoms with Crippen molar-refractivity contribution < 1.29 is 28.4 Å². The van der Waals surface area contributed by atoms with Gasteiger partial charge in [0.15, 0.2) is 23.0 Å². The maximum Gasteiger partial charge on any atom is 0.162 e. The Kier molecular flexibility index (Phi) is 9.30. The molecule has 1 aliphatic rings. The molecular formula is C20H20Cl4O6. The van der Waals surface area contributed by atoms with Crippen LogP contribution in [0.1, 0.15) is 0 Å². The summed E-state index contributed by atoms with van der Waals surface area (Å²) in [5.74, 6) is 1.92. The zero-order chi connectivity index (χ0) is 21.3. The van der Waals surface area contributed by atoms with Crippen molar-refractivity contribution in [1.82, 2.24) is 0 Å². The van der Waals surface area contributed by atoms with E-state index >= 15 is 0 Å². The summed E-state index contributed by atoms with van der Waals surface area (Å²) in [6, 6.07) is 6.45. The Hall–Kier alpha value is -1.28. The first-order valence-electron chi connectivity index (χ1n) is 9.19. The van der Waals surface area contributed by atoms with Crippen LogP contribution in [0.4, 0.5) is 0 Å². The molecule has 6 nitrogen and oxygen atoms in total. The summed E-state index contributed by atoms with van der Waals surface area (Å²) < 4.78 is 34.0. The average molecular weight is 498 g/mol. The molecule has 1 aliphatic heterocycles. The third kappa shape index (κ3) is 6.87. The molecular weight excluding hydrogens is 478 g/mol. The minimum atomic E-state index is 0.298. The zero-order valence-corrected chi connectivity index (χ0v) is 19.0. The third-order valence-corrected chi connectivity index (χ3v) is 5.36. The molecule has 0 fully saturated rings. The van der Waals surface area contributed by atoms with Gasteiger partial charge < -0.3 is 28.4 Å². The standard InChI is InChI=1S/C20H20Cl4O6/c21-13-9-17-18(10-14(13)22)29-7-3-26-4-8-30-20-12-16(24)15(23)11-19(20)28-6-2-25-1-5-27-17/h9-12H,1-8H2. The molecule has 2 aromatic carbocycles. The lowest BCUT2D eigenvalue weighted by Crippen LogP contribution is -2.15. The van der Waals surface area contributed by atoms with E-state index in [2.05, 4.69) is 0 Å². The van der Waals surface area contributed by atoms with Crippen LogP contribution in [0.25, 0.3) is 0 Å². The fraction of sp³-hybridized carbons (Fsp3) is 0.400. The van der Waals surface area contributed by atoms with Gasteiger partial charge in [-0.1, -0.05) is 46.4 Å². The number of benzene rings is 2. The van der Waals surface area contributed by atoms with Crippen LogP contribution in [-0.4, -0.2) is 52.9 Å². The van der Waals surface area contributed by atoms with Crippen molar-refractivity contribution in [3.63, 3.8) is 0 Å². The monoisotopic (exact) mass is 496 g/mol. The molecule has 0 radical (unpaired) electrons. The van der Waals surface area contributed by atoms with Crippen molar-refractivity contribution in [3.05, 3.63) is 44.4 Å². The first-order chi connectivity index (χ1) is 14.5. The maximum atomic E-state index is 6.08. The van der Waals surface area contributed by atoms with Crippen molar-refractivity contribution in [2.24, 2.45) is 0 Å². The SMILES string of the molecule is Clc1cc2c(cc1Cl)OCCOCCOc1cc(Cl)c(Cl)cc1OCCOCCO2.